The van der Waals surface area contributed by atoms with Gasteiger partial charge in [-0.2, -0.15) is 0 Å². The van der Waals surface area contributed by atoms with Crippen LogP contribution in [0.5, 0.6) is 5.75 Å². The van der Waals surface area contributed by atoms with Crippen molar-refractivity contribution in [1.82, 2.24) is 4.98 Å². The zero-order chi connectivity index (χ0) is 13.5. The van der Waals surface area contributed by atoms with Crippen LogP contribution in [0.4, 0.5) is 5.82 Å². The lowest BCUT2D eigenvalue weighted by Gasteiger charge is -2.06. The summed E-state index contributed by atoms with van der Waals surface area (Å²) in [6.07, 6.45) is 2.92. The number of anilines is 1. The lowest BCUT2D eigenvalue weighted by Crippen LogP contribution is -2.01. The number of nitrogens with zero attached hydrogens (tertiary/aromatic N) is 1. The molecule has 1 heterocycles. The molecular weight excluding hydrogens is 256 g/mol. The van der Waals surface area contributed by atoms with E-state index in [0.29, 0.717) is 5.75 Å². The summed E-state index contributed by atoms with van der Waals surface area (Å²) in [4.78, 5) is 5.35. The summed E-state index contributed by atoms with van der Waals surface area (Å²) in [5.41, 5.74) is 1.22. The number of aromatic nitrogens is 1. The highest BCUT2D eigenvalue weighted by Gasteiger charge is 2.00. The number of benzene rings is 1. The molecule has 2 aromatic rings. The number of aromatic hydroxyl groups is 1. The van der Waals surface area contributed by atoms with E-state index < -0.39 is 0 Å². The zero-order valence-electron chi connectivity index (χ0n) is 11.0. The second kappa shape index (κ2) is 7.04. The predicted octanol–water partition coefficient (Wildman–Crippen LogP) is 3.90. The molecule has 0 amide bonds. The minimum atomic E-state index is 0.310. The maximum absolute atomic E-state index is 9.42. The van der Waals surface area contributed by atoms with Crippen LogP contribution in [0, 0.1) is 0 Å². The highest BCUT2D eigenvalue weighted by molar-refractivity contribution is 7.98. The second-order valence-electron chi connectivity index (χ2n) is 4.26. The van der Waals surface area contributed by atoms with Crippen LogP contribution in [-0.4, -0.2) is 16.6 Å². The van der Waals surface area contributed by atoms with Crippen LogP contribution in [0.1, 0.15) is 18.9 Å². The van der Waals surface area contributed by atoms with Gasteiger partial charge in [0, 0.05) is 23.4 Å². The van der Waals surface area contributed by atoms with E-state index in [2.05, 4.69) is 23.3 Å². The van der Waals surface area contributed by atoms with Crippen LogP contribution >= 0.6 is 11.8 Å². The number of nitrogens with one attached hydrogen (secondary N) is 1. The normalized spacial score (nSPS) is 10.4. The van der Waals surface area contributed by atoms with Crippen LogP contribution in [-0.2, 0) is 5.75 Å². The van der Waals surface area contributed by atoms with E-state index in [4.69, 9.17) is 0 Å². The molecule has 0 aliphatic rings. The summed E-state index contributed by atoms with van der Waals surface area (Å²) in [6, 6.07) is 11.4. The molecule has 2 N–H and O–H groups in total. The molecule has 2 rings (SSSR count). The molecule has 0 radical (unpaired) electrons. The van der Waals surface area contributed by atoms with Crippen LogP contribution < -0.4 is 5.32 Å². The van der Waals surface area contributed by atoms with Gasteiger partial charge in [0.2, 0.25) is 0 Å². The highest BCUT2D eigenvalue weighted by Crippen LogP contribution is 2.25. The lowest BCUT2D eigenvalue weighted by molar-refractivity contribution is 0.474. The van der Waals surface area contributed by atoms with Gasteiger partial charge >= 0.3 is 0 Å². The van der Waals surface area contributed by atoms with Gasteiger partial charge in [0.1, 0.15) is 11.6 Å². The van der Waals surface area contributed by atoms with Gasteiger partial charge in [-0.15, -0.1) is 11.8 Å². The van der Waals surface area contributed by atoms with Gasteiger partial charge in [-0.1, -0.05) is 13.0 Å². The average molecular weight is 274 g/mol. The molecule has 0 aliphatic heterocycles. The second-order valence-corrected chi connectivity index (χ2v) is 5.31. The largest absolute Gasteiger partial charge is 0.508 e. The summed E-state index contributed by atoms with van der Waals surface area (Å²) >= 11 is 1.70. The standard InChI is InChI=1S/C15H18N2OS/c1-2-7-16-15-9-12(6-8-17-15)11-19-14-5-3-4-13(18)10-14/h3-6,8-10,18H,2,7,11H2,1H3,(H,16,17). The Labute approximate surface area is 118 Å². The Morgan fingerprint density at radius 3 is 2.95 bits per heavy atom. The van der Waals surface area contributed by atoms with E-state index in [1.165, 1.54) is 5.56 Å². The summed E-state index contributed by atoms with van der Waals surface area (Å²) < 4.78 is 0. The monoisotopic (exact) mass is 274 g/mol. The van der Waals surface area contributed by atoms with Crippen LogP contribution in [0.25, 0.3) is 0 Å². The summed E-state index contributed by atoms with van der Waals surface area (Å²) in [6.45, 7) is 3.07. The number of pyridine rings is 1. The smallest absolute Gasteiger partial charge is 0.126 e. The molecule has 1 aromatic heterocycles. The number of hydrogen-bond donors (Lipinski definition) is 2. The Bertz CT molecular complexity index is 531. The number of rotatable bonds is 6. The molecule has 1 aromatic carbocycles. The Morgan fingerprint density at radius 1 is 1.26 bits per heavy atom. The van der Waals surface area contributed by atoms with Crippen molar-refractivity contribution in [2.45, 2.75) is 24.0 Å². The number of hydrogen-bond acceptors (Lipinski definition) is 4. The maximum atomic E-state index is 9.42. The Kier molecular flexibility index (Phi) is 5.10. The molecule has 0 fully saturated rings. The van der Waals surface area contributed by atoms with Gasteiger partial charge in [0.25, 0.3) is 0 Å². The summed E-state index contributed by atoms with van der Waals surface area (Å²) in [5.74, 6) is 2.10. The van der Waals surface area contributed by atoms with Crippen molar-refractivity contribution < 1.29 is 5.11 Å². The Balaban J connectivity index is 1.95. The van der Waals surface area contributed by atoms with Gasteiger partial charge in [0.05, 0.1) is 0 Å². The van der Waals surface area contributed by atoms with E-state index >= 15 is 0 Å². The molecule has 19 heavy (non-hydrogen) atoms. The van der Waals surface area contributed by atoms with Gasteiger partial charge in [-0.25, -0.2) is 4.98 Å². The molecule has 0 aliphatic carbocycles. The van der Waals surface area contributed by atoms with Gasteiger partial charge in [-0.05, 0) is 42.3 Å². The fraction of sp³-hybridized carbons (Fsp3) is 0.267. The highest BCUT2D eigenvalue weighted by atomic mass is 32.2. The Hall–Kier alpha value is -1.68. The molecule has 0 bridgehead atoms. The van der Waals surface area contributed by atoms with E-state index in [1.54, 1.807) is 23.9 Å². The van der Waals surface area contributed by atoms with Gasteiger partial charge in [0.15, 0.2) is 0 Å². The lowest BCUT2D eigenvalue weighted by atomic mass is 10.3. The molecule has 4 heteroatoms. The molecule has 0 saturated carbocycles. The third-order valence-corrected chi connectivity index (χ3v) is 3.67. The quantitative estimate of drug-likeness (QED) is 0.784. The SMILES string of the molecule is CCCNc1cc(CSc2cccc(O)c2)ccn1. The number of phenolic OH excluding ortho intramolecular Hbond substituents is 1. The molecular formula is C15H18N2OS. The molecule has 0 unspecified atom stereocenters. The van der Waals surface area contributed by atoms with E-state index in [9.17, 15) is 5.11 Å². The first kappa shape index (κ1) is 13.7. The maximum Gasteiger partial charge on any atom is 0.126 e. The van der Waals surface area contributed by atoms with Crippen LogP contribution in [0.3, 0.4) is 0 Å². The fourth-order valence-electron chi connectivity index (χ4n) is 1.65. The zero-order valence-corrected chi connectivity index (χ0v) is 11.8. The molecule has 0 saturated heterocycles. The first-order valence-electron chi connectivity index (χ1n) is 6.38. The number of thioether (sulfide) groups is 1. The topological polar surface area (TPSA) is 45.1 Å². The van der Waals surface area contributed by atoms with Gasteiger partial charge < -0.3 is 10.4 Å². The van der Waals surface area contributed by atoms with E-state index in [-0.39, 0.29) is 0 Å². The van der Waals surface area contributed by atoms with Crippen LogP contribution in [0.2, 0.25) is 0 Å². The predicted molar refractivity (Wildman–Crippen MR) is 80.7 cm³/mol. The molecule has 0 spiro atoms. The van der Waals surface area contributed by atoms with E-state index in [0.717, 1.165) is 29.4 Å². The first-order chi connectivity index (χ1) is 9.28. The van der Waals surface area contributed by atoms with Crippen molar-refractivity contribution in [2.24, 2.45) is 0 Å². The minimum Gasteiger partial charge on any atom is -0.508 e. The minimum absolute atomic E-state index is 0.310. The number of phenols is 1. The fourth-order valence-corrected chi connectivity index (χ4v) is 2.55. The third kappa shape index (κ3) is 4.48. The van der Waals surface area contributed by atoms with Crippen molar-refractivity contribution in [3.63, 3.8) is 0 Å². The van der Waals surface area contributed by atoms with Crippen molar-refractivity contribution in [3.8, 4) is 5.75 Å². The van der Waals surface area contributed by atoms with E-state index in [1.807, 2.05) is 24.4 Å². The van der Waals surface area contributed by atoms with Gasteiger partial charge in [-0.3, -0.25) is 0 Å². The van der Waals surface area contributed by atoms with Crippen LogP contribution in [0.15, 0.2) is 47.5 Å². The third-order valence-electron chi connectivity index (χ3n) is 2.60. The molecule has 100 valence electrons. The first-order valence-corrected chi connectivity index (χ1v) is 7.37. The summed E-state index contributed by atoms with van der Waals surface area (Å²) in [7, 11) is 0. The summed E-state index contributed by atoms with van der Waals surface area (Å²) in [5, 5.41) is 12.7. The Morgan fingerprint density at radius 2 is 2.16 bits per heavy atom. The molecule has 3 nitrogen and oxygen atoms in total. The van der Waals surface area contributed by atoms with Crippen molar-refractivity contribution in [1.29, 1.82) is 0 Å². The molecule has 0 atom stereocenters. The average Bonchev–Trinajstić information content (AvgIpc) is 2.43. The van der Waals surface area contributed by atoms with Crippen molar-refractivity contribution in [3.05, 3.63) is 48.2 Å². The van der Waals surface area contributed by atoms with Crippen molar-refractivity contribution >= 4 is 17.6 Å². The van der Waals surface area contributed by atoms with Crippen molar-refractivity contribution in [2.75, 3.05) is 11.9 Å².